The van der Waals surface area contributed by atoms with Crippen LogP contribution < -0.4 is 0 Å². The van der Waals surface area contributed by atoms with Gasteiger partial charge in [-0.15, -0.1) is 0 Å². The van der Waals surface area contributed by atoms with Crippen molar-refractivity contribution in [2.45, 2.75) is 58.1 Å². The molecule has 0 saturated carbocycles. The van der Waals surface area contributed by atoms with Crippen molar-refractivity contribution in [2.75, 3.05) is 13.2 Å². The van der Waals surface area contributed by atoms with E-state index >= 15 is 0 Å². The fraction of sp³-hybridized carbons (Fsp3) is 0.917. The molecule has 18 heavy (non-hydrogen) atoms. The fourth-order valence-corrected chi connectivity index (χ4v) is 2.87. The minimum Gasteiger partial charge on any atom is -0.465 e. The Bertz CT molecular complexity index is 323. The maximum absolute atomic E-state index is 11.8. The lowest BCUT2D eigenvalue weighted by Crippen LogP contribution is -2.33. The summed E-state index contributed by atoms with van der Waals surface area (Å²) in [5.74, 6) is -0.706. The smallest absolute Gasteiger partial charge is 0.326 e. The van der Waals surface area contributed by atoms with E-state index in [1.165, 1.54) is 0 Å². The second-order valence-electron chi connectivity index (χ2n) is 3.99. The number of hydrogen-bond acceptors (Lipinski definition) is 5. The Morgan fingerprint density at radius 3 is 2.22 bits per heavy atom. The normalized spacial score (nSPS) is 13.3. The van der Waals surface area contributed by atoms with Gasteiger partial charge in [-0.2, -0.15) is 8.42 Å². The lowest BCUT2D eigenvalue weighted by molar-refractivity contribution is -0.142. The van der Waals surface area contributed by atoms with Crippen molar-refractivity contribution in [2.24, 2.45) is 0 Å². The molecular formula is C12H24O5S. The van der Waals surface area contributed by atoms with E-state index in [2.05, 4.69) is 11.1 Å². The highest BCUT2D eigenvalue weighted by molar-refractivity contribution is 7.88. The molecular weight excluding hydrogens is 256 g/mol. The number of unbranched alkanes of at least 4 members (excludes halogenated alkanes) is 3. The van der Waals surface area contributed by atoms with Gasteiger partial charge in [0.2, 0.25) is 0 Å². The molecule has 0 N–H and O–H groups in total. The zero-order chi connectivity index (χ0) is 14.0. The van der Waals surface area contributed by atoms with Crippen molar-refractivity contribution < 1.29 is 22.1 Å². The van der Waals surface area contributed by atoms with Gasteiger partial charge in [0.15, 0.2) is 5.25 Å². The summed E-state index contributed by atoms with van der Waals surface area (Å²) in [6.07, 6.45) is 3.95. The Kier molecular flexibility index (Phi) is 9.01. The van der Waals surface area contributed by atoms with Crippen molar-refractivity contribution in [3.8, 4) is 0 Å². The first-order valence-electron chi connectivity index (χ1n) is 6.54. The van der Waals surface area contributed by atoms with Gasteiger partial charge in [0.25, 0.3) is 10.1 Å². The van der Waals surface area contributed by atoms with Crippen molar-refractivity contribution in [3.05, 3.63) is 0 Å². The van der Waals surface area contributed by atoms with E-state index in [1.54, 1.807) is 13.8 Å². The van der Waals surface area contributed by atoms with Crippen LogP contribution in [0.15, 0.2) is 0 Å². The molecule has 108 valence electrons. The SMILES string of the molecule is CCCCCCC(C(=O)OCC)S(=O)(=O)OCC. The van der Waals surface area contributed by atoms with Gasteiger partial charge >= 0.3 is 5.97 Å². The molecule has 0 aliphatic carbocycles. The van der Waals surface area contributed by atoms with Crippen molar-refractivity contribution >= 4 is 16.1 Å². The summed E-state index contributed by atoms with van der Waals surface area (Å²) in [5, 5.41) is -1.19. The largest absolute Gasteiger partial charge is 0.465 e. The first kappa shape index (κ1) is 17.4. The van der Waals surface area contributed by atoms with E-state index in [9.17, 15) is 13.2 Å². The standard InChI is InChI=1S/C12H24O5S/c1-4-7-8-9-10-11(12(13)16-5-2)18(14,15)17-6-3/h11H,4-10H2,1-3H3. The van der Waals surface area contributed by atoms with Gasteiger partial charge in [-0.1, -0.05) is 32.6 Å². The number of hydrogen-bond donors (Lipinski definition) is 0. The molecule has 0 fully saturated rings. The highest BCUT2D eigenvalue weighted by atomic mass is 32.2. The molecule has 0 aromatic carbocycles. The summed E-state index contributed by atoms with van der Waals surface area (Å²) in [7, 11) is -3.86. The number of carbonyl (C=O) groups is 1. The second kappa shape index (κ2) is 9.33. The topological polar surface area (TPSA) is 69.7 Å². The highest BCUT2D eigenvalue weighted by Gasteiger charge is 2.34. The molecule has 6 heteroatoms. The van der Waals surface area contributed by atoms with E-state index < -0.39 is 21.3 Å². The van der Waals surface area contributed by atoms with E-state index in [1.807, 2.05) is 0 Å². The van der Waals surface area contributed by atoms with Crippen LogP contribution in [0, 0.1) is 0 Å². The third-order valence-electron chi connectivity index (χ3n) is 2.50. The van der Waals surface area contributed by atoms with Gasteiger partial charge in [0.05, 0.1) is 13.2 Å². The summed E-state index contributed by atoms with van der Waals surface area (Å²) >= 11 is 0. The lowest BCUT2D eigenvalue weighted by Gasteiger charge is -2.15. The molecule has 0 aromatic rings. The van der Waals surface area contributed by atoms with E-state index in [4.69, 9.17) is 4.74 Å². The van der Waals surface area contributed by atoms with Gasteiger partial charge in [0, 0.05) is 0 Å². The molecule has 0 spiro atoms. The Morgan fingerprint density at radius 2 is 1.72 bits per heavy atom. The van der Waals surface area contributed by atoms with Gasteiger partial charge in [0.1, 0.15) is 0 Å². The maximum atomic E-state index is 11.8. The highest BCUT2D eigenvalue weighted by Crippen LogP contribution is 2.15. The van der Waals surface area contributed by atoms with Gasteiger partial charge < -0.3 is 4.74 Å². The fourth-order valence-electron chi connectivity index (χ4n) is 1.62. The number of ether oxygens (including phenoxy) is 1. The van der Waals surface area contributed by atoms with Crippen molar-refractivity contribution in [1.29, 1.82) is 0 Å². The molecule has 0 saturated heterocycles. The predicted molar refractivity (Wildman–Crippen MR) is 69.7 cm³/mol. The Labute approximate surface area is 110 Å². The summed E-state index contributed by atoms with van der Waals surface area (Å²) < 4.78 is 33.1. The van der Waals surface area contributed by atoms with E-state index in [0.717, 1.165) is 19.3 Å². The van der Waals surface area contributed by atoms with Gasteiger partial charge in [-0.25, -0.2) is 0 Å². The maximum Gasteiger partial charge on any atom is 0.326 e. The van der Waals surface area contributed by atoms with E-state index in [-0.39, 0.29) is 19.6 Å². The molecule has 0 bridgehead atoms. The van der Waals surface area contributed by atoms with Gasteiger partial charge in [-0.3, -0.25) is 8.98 Å². The summed E-state index contributed by atoms with van der Waals surface area (Å²) in [6.45, 7) is 5.51. The van der Waals surface area contributed by atoms with Crippen LogP contribution in [0.3, 0.4) is 0 Å². The zero-order valence-electron chi connectivity index (χ0n) is 11.5. The quantitative estimate of drug-likeness (QED) is 0.349. The number of carbonyl (C=O) groups excluding carboxylic acids is 1. The summed E-state index contributed by atoms with van der Waals surface area (Å²) in [4.78, 5) is 11.6. The van der Waals surface area contributed by atoms with Crippen LogP contribution in [0.1, 0.15) is 52.9 Å². The molecule has 0 rings (SSSR count). The summed E-state index contributed by atoms with van der Waals surface area (Å²) in [5.41, 5.74) is 0. The van der Waals surface area contributed by atoms with E-state index in [0.29, 0.717) is 6.42 Å². The zero-order valence-corrected chi connectivity index (χ0v) is 12.3. The third kappa shape index (κ3) is 6.35. The van der Waals surface area contributed by atoms with Crippen LogP contribution in [-0.4, -0.2) is 32.9 Å². The van der Waals surface area contributed by atoms with Crippen LogP contribution in [0.25, 0.3) is 0 Å². The van der Waals surface area contributed by atoms with Crippen molar-refractivity contribution in [3.63, 3.8) is 0 Å². The van der Waals surface area contributed by atoms with Crippen LogP contribution in [0.4, 0.5) is 0 Å². The number of rotatable bonds is 10. The predicted octanol–water partition coefficient (Wildman–Crippen LogP) is 2.25. The molecule has 0 aliphatic rings. The molecule has 1 atom stereocenters. The van der Waals surface area contributed by atoms with Crippen molar-refractivity contribution in [1.82, 2.24) is 0 Å². The molecule has 0 radical (unpaired) electrons. The average molecular weight is 280 g/mol. The monoisotopic (exact) mass is 280 g/mol. The summed E-state index contributed by atoms with van der Waals surface area (Å²) in [6, 6.07) is 0. The molecule has 5 nitrogen and oxygen atoms in total. The Hall–Kier alpha value is -0.620. The van der Waals surface area contributed by atoms with Crippen LogP contribution >= 0.6 is 0 Å². The molecule has 0 heterocycles. The van der Waals surface area contributed by atoms with Crippen LogP contribution in [0.5, 0.6) is 0 Å². The first-order chi connectivity index (χ1) is 8.49. The lowest BCUT2D eigenvalue weighted by atomic mass is 10.1. The second-order valence-corrected chi connectivity index (χ2v) is 5.78. The minimum atomic E-state index is -3.86. The molecule has 0 amide bonds. The molecule has 0 aliphatic heterocycles. The van der Waals surface area contributed by atoms with Crippen LogP contribution in [0.2, 0.25) is 0 Å². The number of esters is 1. The average Bonchev–Trinajstić information content (AvgIpc) is 2.28. The van der Waals surface area contributed by atoms with Gasteiger partial charge in [-0.05, 0) is 20.3 Å². The first-order valence-corrected chi connectivity index (χ1v) is 8.01. The van der Waals surface area contributed by atoms with Crippen LogP contribution in [-0.2, 0) is 23.8 Å². The third-order valence-corrected chi connectivity index (χ3v) is 4.19. The molecule has 0 aromatic heterocycles. The molecule has 1 unspecified atom stereocenters. The minimum absolute atomic E-state index is 0.0349. The Morgan fingerprint density at radius 1 is 1.06 bits per heavy atom. The Balaban J connectivity index is 4.57.